The lowest BCUT2D eigenvalue weighted by Crippen LogP contribution is -2.42. The zero-order valence-corrected chi connectivity index (χ0v) is 16.7. The molecule has 0 saturated heterocycles. The maximum atomic E-state index is 12.8. The first-order valence-corrected chi connectivity index (χ1v) is 9.64. The Balaban J connectivity index is 1.52. The van der Waals surface area contributed by atoms with E-state index >= 15 is 0 Å². The summed E-state index contributed by atoms with van der Waals surface area (Å²) in [5, 5.41) is 5.32. The molecular weight excluding hydrogens is 378 g/mol. The van der Waals surface area contributed by atoms with E-state index in [-0.39, 0.29) is 11.6 Å². The summed E-state index contributed by atoms with van der Waals surface area (Å²) in [5.41, 5.74) is 7.87. The van der Waals surface area contributed by atoms with Gasteiger partial charge in [-0.1, -0.05) is 56.3 Å². The molecule has 2 amide bonds. The Kier molecular flexibility index (Phi) is 5.26. The standard InChI is InChI=1S/C23H21N5O2/c1-15(2)21-18(14-24-28(21)17-9-4-3-5-10-17)22(29)26-27-23(30)20-13-12-16-8-6-7-11-19(16)25-20/h3-15H,1-2H3,(H,26,29)(H,27,30). The molecule has 2 aromatic heterocycles. The third-order valence-electron chi connectivity index (χ3n) is 4.72. The topological polar surface area (TPSA) is 88.9 Å². The van der Waals surface area contributed by atoms with Crippen LogP contribution in [0.2, 0.25) is 0 Å². The van der Waals surface area contributed by atoms with E-state index in [1.165, 1.54) is 6.20 Å². The van der Waals surface area contributed by atoms with E-state index in [0.717, 1.165) is 16.8 Å². The number of pyridine rings is 1. The minimum atomic E-state index is -0.490. The van der Waals surface area contributed by atoms with Gasteiger partial charge < -0.3 is 0 Å². The van der Waals surface area contributed by atoms with E-state index in [0.29, 0.717) is 11.1 Å². The van der Waals surface area contributed by atoms with E-state index in [9.17, 15) is 9.59 Å². The number of aromatic nitrogens is 3. The Labute approximate surface area is 173 Å². The third kappa shape index (κ3) is 3.77. The summed E-state index contributed by atoms with van der Waals surface area (Å²) < 4.78 is 1.74. The number of rotatable bonds is 4. The van der Waals surface area contributed by atoms with Crippen molar-refractivity contribution in [2.45, 2.75) is 19.8 Å². The summed E-state index contributed by atoms with van der Waals surface area (Å²) in [7, 11) is 0. The fourth-order valence-electron chi connectivity index (χ4n) is 3.30. The van der Waals surface area contributed by atoms with Gasteiger partial charge in [0, 0.05) is 5.39 Å². The summed E-state index contributed by atoms with van der Waals surface area (Å²) in [6.07, 6.45) is 1.51. The van der Waals surface area contributed by atoms with Gasteiger partial charge in [-0.2, -0.15) is 5.10 Å². The summed E-state index contributed by atoms with van der Waals surface area (Å²) in [6.45, 7) is 3.98. The molecule has 0 spiro atoms. The van der Waals surface area contributed by atoms with Crippen molar-refractivity contribution in [1.29, 1.82) is 0 Å². The number of nitrogens with one attached hydrogen (secondary N) is 2. The van der Waals surface area contributed by atoms with Gasteiger partial charge in [-0.05, 0) is 30.2 Å². The van der Waals surface area contributed by atoms with E-state index in [2.05, 4.69) is 20.9 Å². The highest BCUT2D eigenvalue weighted by atomic mass is 16.2. The van der Waals surface area contributed by atoms with E-state index < -0.39 is 11.8 Å². The second-order valence-electron chi connectivity index (χ2n) is 7.14. The minimum absolute atomic E-state index is 0.0475. The molecule has 0 atom stereocenters. The van der Waals surface area contributed by atoms with Gasteiger partial charge in [-0.25, -0.2) is 9.67 Å². The Morgan fingerprint density at radius 3 is 2.33 bits per heavy atom. The molecule has 0 bridgehead atoms. The van der Waals surface area contributed by atoms with Crippen molar-refractivity contribution in [3.8, 4) is 5.69 Å². The molecule has 7 nitrogen and oxygen atoms in total. The van der Waals surface area contributed by atoms with Crippen molar-refractivity contribution >= 4 is 22.7 Å². The van der Waals surface area contributed by atoms with Gasteiger partial charge >= 0.3 is 0 Å². The average Bonchev–Trinajstić information content (AvgIpc) is 3.23. The number of hydrogen-bond acceptors (Lipinski definition) is 4. The maximum Gasteiger partial charge on any atom is 0.288 e. The SMILES string of the molecule is CC(C)c1c(C(=O)NNC(=O)c2ccc3ccccc3n2)cnn1-c1ccccc1. The molecule has 7 heteroatoms. The summed E-state index contributed by atoms with van der Waals surface area (Å²) >= 11 is 0. The minimum Gasteiger partial charge on any atom is -0.267 e. The quantitative estimate of drug-likeness (QED) is 0.513. The van der Waals surface area contributed by atoms with E-state index in [4.69, 9.17) is 0 Å². The lowest BCUT2D eigenvalue weighted by molar-refractivity contribution is 0.0843. The maximum absolute atomic E-state index is 12.8. The van der Waals surface area contributed by atoms with Crippen molar-refractivity contribution in [3.05, 3.63) is 89.9 Å². The second kappa shape index (κ2) is 8.16. The molecule has 0 aliphatic carbocycles. The van der Waals surface area contributed by atoms with Gasteiger partial charge in [0.15, 0.2) is 0 Å². The molecule has 0 radical (unpaired) electrons. The molecule has 0 unspecified atom stereocenters. The molecule has 2 N–H and O–H groups in total. The molecule has 0 saturated carbocycles. The van der Waals surface area contributed by atoms with Crippen molar-refractivity contribution in [1.82, 2.24) is 25.6 Å². The smallest absolute Gasteiger partial charge is 0.267 e. The first-order valence-electron chi connectivity index (χ1n) is 9.64. The zero-order valence-electron chi connectivity index (χ0n) is 16.7. The van der Waals surface area contributed by atoms with Crippen LogP contribution >= 0.6 is 0 Å². The molecule has 4 aromatic rings. The van der Waals surface area contributed by atoms with Crippen LogP contribution in [0.5, 0.6) is 0 Å². The van der Waals surface area contributed by atoms with Crippen molar-refractivity contribution in [2.75, 3.05) is 0 Å². The fraction of sp³-hybridized carbons (Fsp3) is 0.130. The highest BCUT2D eigenvalue weighted by Gasteiger charge is 2.21. The molecule has 30 heavy (non-hydrogen) atoms. The van der Waals surface area contributed by atoms with Gasteiger partial charge in [0.2, 0.25) is 0 Å². The van der Waals surface area contributed by atoms with Crippen LogP contribution in [0.3, 0.4) is 0 Å². The monoisotopic (exact) mass is 399 g/mol. The molecule has 0 aliphatic heterocycles. The number of hydrogen-bond donors (Lipinski definition) is 2. The average molecular weight is 399 g/mol. The number of fused-ring (bicyclic) bond motifs is 1. The first kappa shape index (κ1) is 19.3. The van der Waals surface area contributed by atoms with Gasteiger partial charge in [-0.3, -0.25) is 20.4 Å². The predicted octanol–water partition coefficient (Wildman–Crippen LogP) is 3.62. The van der Waals surface area contributed by atoms with Crippen molar-refractivity contribution < 1.29 is 9.59 Å². The van der Waals surface area contributed by atoms with Gasteiger partial charge in [-0.15, -0.1) is 0 Å². The van der Waals surface area contributed by atoms with Crippen LogP contribution in [-0.4, -0.2) is 26.6 Å². The first-order chi connectivity index (χ1) is 14.5. The summed E-state index contributed by atoms with van der Waals surface area (Å²) in [5.74, 6) is -0.878. The van der Waals surface area contributed by atoms with Crippen LogP contribution in [0, 0.1) is 0 Å². The van der Waals surface area contributed by atoms with E-state index in [1.54, 1.807) is 10.7 Å². The van der Waals surface area contributed by atoms with Crippen LogP contribution in [0.25, 0.3) is 16.6 Å². The Morgan fingerprint density at radius 2 is 1.57 bits per heavy atom. The van der Waals surface area contributed by atoms with Crippen LogP contribution in [-0.2, 0) is 0 Å². The number of carbonyl (C=O) groups is 2. The molecule has 2 aromatic carbocycles. The Hall–Kier alpha value is -4.00. The predicted molar refractivity (Wildman–Crippen MR) is 114 cm³/mol. The molecular formula is C23H21N5O2. The third-order valence-corrected chi connectivity index (χ3v) is 4.72. The number of para-hydroxylation sites is 2. The molecule has 4 rings (SSSR count). The number of carbonyl (C=O) groups excluding carboxylic acids is 2. The highest BCUT2D eigenvalue weighted by molar-refractivity contribution is 5.99. The Morgan fingerprint density at radius 1 is 0.867 bits per heavy atom. The Bertz CT molecular complexity index is 1210. The fourth-order valence-corrected chi connectivity index (χ4v) is 3.30. The van der Waals surface area contributed by atoms with Crippen molar-refractivity contribution in [2.24, 2.45) is 0 Å². The number of amides is 2. The molecule has 0 aliphatic rings. The van der Waals surface area contributed by atoms with Gasteiger partial charge in [0.25, 0.3) is 11.8 Å². The lowest BCUT2D eigenvalue weighted by atomic mass is 10.1. The largest absolute Gasteiger partial charge is 0.288 e. The van der Waals surface area contributed by atoms with Crippen LogP contribution < -0.4 is 10.9 Å². The van der Waals surface area contributed by atoms with Crippen LogP contribution in [0.1, 0.15) is 46.3 Å². The molecule has 0 fully saturated rings. The van der Waals surface area contributed by atoms with Gasteiger partial charge in [0.1, 0.15) is 5.69 Å². The number of benzene rings is 2. The highest BCUT2D eigenvalue weighted by Crippen LogP contribution is 2.23. The number of nitrogens with zero attached hydrogens (tertiary/aromatic N) is 3. The molecule has 150 valence electrons. The van der Waals surface area contributed by atoms with Crippen molar-refractivity contribution in [3.63, 3.8) is 0 Å². The van der Waals surface area contributed by atoms with Crippen LogP contribution in [0.4, 0.5) is 0 Å². The lowest BCUT2D eigenvalue weighted by Gasteiger charge is -2.13. The van der Waals surface area contributed by atoms with E-state index in [1.807, 2.05) is 74.5 Å². The number of hydrazine groups is 1. The summed E-state index contributed by atoms with van der Waals surface area (Å²) in [4.78, 5) is 29.6. The normalized spacial score (nSPS) is 10.9. The summed E-state index contributed by atoms with van der Waals surface area (Å²) in [6, 6.07) is 20.6. The molecule has 2 heterocycles. The second-order valence-corrected chi connectivity index (χ2v) is 7.14. The zero-order chi connectivity index (χ0) is 21.1. The van der Waals surface area contributed by atoms with Gasteiger partial charge in [0.05, 0.1) is 28.7 Å². The van der Waals surface area contributed by atoms with Crippen LogP contribution in [0.15, 0.2) is 72.9 Å².